The SMILES string of the molecule is N#Cc1cc([N+](=O)[O-])ccc1N1CCC[C@@H]1c1cccs1. The Hall–Kier alpha value is -2.39. The molecule has 106 valence electrons. The second kappa shape index (κ2) is 5.54. The van der Waals surface area contributed by atoms with Crippen LogP contribution in [0.4, 0.5) is 11.4 Å². The molecule has 0 spiro atoms. The molecule has 2 aromatic rings. The summed E-state index contributed by atoms with van der Waals surface area (Å²) in [5, 5.41) is 22.2. The fourth-order valence-corrected chi connectivity index (χ4v) is 3.68. The maximum atomic E-state index is 10.8. The number of nitriles is 1. The lowest BCUT2D eigenvalue weighted by molar-refractivity contribution is -0.384. The van der Waals surface area contributed by atoms with Crippen LogP contribution < -0.4 is 4.90 Å². The van der Waals surface area contributed by atoms with E-state index in [1.54, 1.807) is 17.4 Å². The third kappa shape index (κ3) is 2.48. The molecule has 21 heavy (non-hydrogen) atoms. The third-order valence-corrected chi connectivity index (χ3v) is 4.72. The zero-order valence-corrected chi connectivity index (χ0v) is 12.0. The summed E-state index contributed by atoms with van der Waals surface area (Å²) >= 11 is 1.71. The van der Waals surface area contributed by atoms with E-state index in [1.807, 2.05) is 11.4 Å². The Morgan fingerprint density at radius 1 is 1.43 bits per heavy atom. The van der Waals surface area contributed by atoms with Gasteiger partial charge < -0.3 is 4.90 Å². The number of nitro groups is 1. The second-order valence-corrected chi connectivity index (χ2v) is 5.92. The van der Waals surface area contributed by atoms with Gasteiger partial charge in [-0.3, -0.25) is 10.1 Å². The van der Waals surface area contributed by atoms with Gasteiger partial charge in [0.15, 0.2) is 0 Å². The summed E-state index contributed by atoms with van der Waals surface area (Å²) in [6.07, 6.45) is 2.10. The van der Waals surface area contributed by atoms with Crippen molar-refractivity contribution in [3.05, 3.63) is 56.3 Å². The molecule has 0 amide bonds. The van der Waals surface area contributed by atoms with Crippen LogP contribution in [-0.2, 0) is 0 Å². The van der Waals surface area contributed by atoms with Gasteiger partial charge in [0.2, 0.25) is 0 Å². The van der Waals surface area contributed by atoms with Gasteiger partial charge in [0.05, 0.1) is 22.2 Å². The van der Waals surface area contributed by atoms with E-state index >= 15 is 0 Å². The highest BCUT2D eigenvalue weighted by Gasteiger charge is 2.29. The molecule has 0 bridgehead atoms. The van der Waals surface area contributed by atoms with Crippen molar-refractivity contribution in [2.45, 2.75) is 18.9 Å². The normalized spacial score (nSPS) is 17.7. The summed E-state index contributed by atoms with van der Waals surface area (Å²) in [6, 6.07) is 11.0. The van der Waals surface area contributed by atoms with Gasteiger partial charge in [-0.2, -0.15) is 5.26 Å². The number of hydrogen-bond donors (Lipinski definition) is 0. The van der Waals surface area contributed by atoms with Gasteiger partial charge in [0.1, 0.15) is 6.07 Å². The number of thiophene rings is 1. The van der Waals surface area contributed by atoms with E-state index in [-0.39, 0.29) is 11.7 Å². The summed E-state index contributed by atoms with van der Waals surface area (Å²) in [6.45, 7) is 0.870. The minimum absolute atomic E-state index is 0.0397. The van der Waals surface area contributed by atoms with Crippen molar-refractivity contribution in [1.82, 2.24) is 0 Å². The summed E-state index contributed by atoms with van der Waals surface area (Å²) in [5.41, 5.74) is 1.12. The first kappa shape index (κ1) is 13.6. The molecule has 2 heterocycles. The molecule has 3 rings (SSSR count). The van der Waals surface area contributed by atoms with Gasteiger partial charge in [-0.15, -0.1) is 11.3 Å². The lowest BCUT2D eigenvalue weighted by atomic mass is 10.1. The van der Waals surface area contributed by atoms with Crippen LogP contribution in [-0.4, -0.2) is 11.5 Å². The molecule has 0 aliphatic carbocycles. The predicted molar refractivity (Wildman–Crippen MR) is 81.5 cm³/mol. The van der Waals surface area contributed by atoms with Gasteiger partial charge in [0, 0.05) is 23.6 Å². The third-order valence-electron chi connectivity index (χ3n) is 3.75. The highest BCUT2D eigenvalue weighted by atomic mass is 32.1. The number of benzene rings is 1. The first-order valence-electron chi connectivity index (χ1n) is 6.69. The fraction of sp³-hybridized carbons (Fsp3) is 0.267. The van der Waals surface area contributed by atoms with E-state index < -0.39 is 4.92 Å². The summed E-state index contributed by atoms with van der Waals surface area (Å²) in [7, 11) is 0. The van der Waals surface area contributed by atoms with Crippen LogP contribution >= 0.6 is 11.3 Å². The van der Waals surface area contributed by atoms with E-state index in [0.29, 0.717) is 5.56 Å². The van der Waals surface area contributed by atoms with Crippen LogP contribution in [0.5, 0.6) is 0 Å². The number of rotatable bonds is 3. The molecule has 1 aromatic heterocycles. The lowest BCUT2D eigenvalue weighted by Crippen LogP contribution is -2.22. The number of nitro benzene ring substituents is 1. The van der Waals surface area contributed by atoms with Crippen LogP contribution in [0.2, 0.25) is 0 Å². The average Bonchev–Trinajstić information content (AvgIpc) is 3.16. The molecule has 1 atom stereocenters. The molecule has 0 saturated carbocycles. The van der Waals surface area contributed by atoms with Gasteiger partial charge in [-0.05, 0) is 30.4 Å². The molecule has 1 aliphatic heterocycles. The Morgan fingerprint density at radius 3 is 2.95 bits per heavy atom. The Morgan fingerprint density at radius 2 is 2.29 bits per heavy atom. The molecule has 1 aliphatic rings. The van der Waals surface area contributed by atoms with Gasteiger partial charge >= 0.3 is 0 Å². The Labute approximate surface area is 126 Å². The minimum atomic E-state index is -0.467. The first-order chi connectivity index (χ1) is 10.2. The fourth-order valence-electron chi connectivity index (χ4n) is 2.81. The summed E-state index contributed by atoms with van der Waals surface area (Å²) in [5.74, 6) is 0. The van der Waals surface area contributed by atoms with E-state index in [2.05, 4.69) is 17.0 Å². The topological polar surface area (TPSA) is 70.2 Å². The molecule has 6 heteroatoms. The largest absolute Gasteiger partial charge is 0.363 e. The Balaban J connectivity index is 2.00. The van der Waals surface area contributed by atoms with E-state index in [9.17, 15) is 15.4 Å². The van der Waals surface area contributed by atoms with Gasteiger partial charge in [0.25, 0.3) is 5.69 Å². The van der Waals surface area contributed by atoms with Crippen LogP contribution in [0.25, 0.3) is 0 Å². The van der Waals surface area contributed by atoms with E-state index in [0.717, 1.165) is 25.1 Å². The number of non-ortho nitro benzene ring substituents is 1. The quantitative estimate of drug-likeness (QED) is 0.637. The van der Waals surface area contributed by atoms with Crippen LogP contribution in [0.3, 0.4) is 0 Å². The molecular weight excluding hydrogens is 286 g/mol. The first-order valence-corrected chi connectivity index (χ1v) is 7.57. The zero-order valence-electron chi connectivity index (χ0n) is 11.2. The van der Waals surface area contributed by atoms with Crippen LogP contribution in [0.15, 0.2) is 35.7 Å². The lowest BCUT2D eigenvalue weighted by Gasteiger charge is -2.26. The van der Waals surface area contributed by atoms with Crippen molar-refractivity contribution in [3.63, 3.8) is 0 Å². The number of hydrogen-bond acceptors (Lipinski definition) is 5. The molecule has 1 fully saturated rings. The summed E-state index contributed by atoms with van der Waals surface area (Å²) in [4.78, 5) is 13.8. The van der Waals surface area contributed by atoms with Gasteiger partial charge in [-0.1, -0.05) is 6.07 Å². The average molecular weight is 299 g/mol. The summed E-state index contributed by atoms with van der Waals surface area (Å²) < 4.78 is 0. The van der Waals surface area contributed by atoms with E-state index in [4.69, 9.17) is 0 Å². The highest BCUT2D eigenvalue weighted by Crippen LogP contribution is 2.39. The van der Waals surface area contributed by atoms with Crippen molar-refractivity contribution >= 4 is 22.7 Å². The zero-order chi connectivity index (χ0) is 14.8. The van der Waals surface area contributed by atoms with Crippen LogP contribution in [0, 0.1) is 21.4 Å². The standard InChI is InChI=1S/C15H13N3O2S/c16-10-11-9-12(18(19)20)5-6-13(11)17-7-1-3-14(17)15-4-2-8-21-15/h2,4-6,8-9,14H,1,3,7H2/t14-/m1/s1. The minimum Gasteiger partial charge on any atom is -0.363 e. The molecule has 0 radical (unpaired) electrons. The van der Waals surface area contributed by atoms with Gasteiger partial charge in [-0.25, -0.2) is 0 Å². The second-order valence-electron chi connectivity index (χ2n) is 4.94. The van der Waals surface area contributed by atoms with Crippen molar-refractivity contribution in [1.29, 1.82) is 5.26 Å². The van der Waals surface area contributed by atoms with Crippen LogP contribution in [0.1, 0.15) is 29.3 Å². The van der Waals surface area contributed by atoms with Crippen molar-refractivity contribution in [2.75, 3.05) is 11.4 Å². The smallest absolute Gasteiger partial charge is 0.270 e. The monoisotopic (exact) mass is 299 g/mol. The van der Waals surface area contributed by atoms with Crippen molar-refractivity contribution < 1.29 is 4.92 Å². The Kier molecular flexibility index (Phi) is 3.59. The molecule has 0 N–H and O–H groups in total. The number of anilines is 1. The molecule has 5 nitrogen and oxygen atoms in total. The predicted octanol–water partition coefficient (Wildman–Crippen LogP) is 3.87. The van der Waals surface area contributed by atoms with Crippen molar-refractivity contribution in [2.24, 2.45) is 0 Å². The number of nitrogens with zero attached hydrogens (tertiary/aromatic N) is 3. The van der Waals surface area contributed by atoms with E-state index in [1.165, 1.54) is 17.0 Å². The molecule has 1 aromatic carbocycles. The van der Waals surface area contributed by atoms with Crippen molar-refractivity contribution in [3.8, 4) is 6.07 Å². The highest BCUT2D eigenvalue weighted by molar-refractivity contribution is 7.10. The maximum absolute atomic E-state index is 10.8. The molecule has 1 saturated heterocycles. The Bertz CT molecular complexity index is 706. The maximum Gasteiger partial charge on any atom is 0.270 e. The molecule has 0 unspecified atom stereocenters. The molecular formula is C15H13N3O2S.